The number of aromatic nitrogens is 1. The Bertz CT molecular complexity index is 879. The Kier molecular flexibility index (Phi) is 4.46. The molecule has 0 unspecified atom stereocenters. The van der Waals surface area contributed by atoms with Gasteiger partial charge in [-0.3, -0.25) is 4.79 Å². The predicted molar refractivity (Wildman–Crippen MR) is 88.5 cm³/mol. The van der Waals surface area contributed by atoms with E-state index >= 15 is 0 Å². The van der Waals surface area contributed by atoms with Gasteiger partial charge >= 0.3 is 0 Å². The first-order chi connectivity index (χ1) is 11.7. The van der Waals surface area contributed by atoms with E-state index in [0.29, 0.717) is 11.5 Å². The van der Waals surface area contributed by atoms with Crippen molar-refractivity contribution in [1.82, 2.24) is 14.8 Å². The Labute approximate surface area is 146 Å². The van der Waals surface area contributed by atoms with E-state index in [9.17, 15) is 13.2 Å². The number of hydrogen-bond acceptors (Lipinski definition) is 6. The SMILES string of the molecule is CC(=O)N[C@@H]1CN(S(=O)(=O)c2c(C)noc2C)C[C@H]1c1ccc(C)o1. The molecule has 0 spiro atoms. The monoisotopic (exact) mass is 367 g/mol. The van der Waals surface area contributed by atoms with Crippen LogP contribution in [0.15, 0.2) is 26.0 Å². The van der Waals surface area contributed by atoms with Gasteiger partial charge in [0.15, 0.2) is 5.76 Å². The lowest BCUT2D eigenvalue weighted by Gasteiger charge is -2.17. The van der Waals surface area contributed by atoms with Crippen molar-refractivity contribution in [2.75, 3.05) is 13.1 Å². The van der Waals surface area contributed by atoms with Crippen LogP contribution in [0.4, 0.5) is 0 Å². The van der Waals surface area contributed by atoms with Crippen molar-refractivity contribution in [1.29, 1.82) is 0 Å². The van der Waals surface area contributed by atoms with Crippen LogP contribution < -0.4 is 5.32 Å². The molecule has 1 aliphatic rings. The second-order valence-electron chi connectivity index (χ2n) is 6.34. The van der Waals surface area contributed by atoms with E-state index in [0.717, 1.165) is 5.76 Å². The van der Waals surface area contributed by atoms with Gasteiger partial charge < -0.3 is 14.3 Å². The number of aryl methyl sites for hydroxylation is 3. The second-order valence-corrected chi connectivity index (χ2v) is 8.21. The molecule has 0 aliphatic carbocycles. The fraction of sp³-hybridized carbons (Fsp3) is 0.500. The smallest absolute Gasteiger partial charge is 0.248 e. The number of nitrogens with one attached hydrogen (secondary N) is 1. The number of rotatable bonds is 4. The summed E-state index contributed by atoms with van der Waals surface area (Å²) in [5.41, 5.74) is 0.325. The molecule has 0 aromatic carbocycles. The van der Waals surface area contributed by atoms with Gasteiger partial charge in [-0.2, -0.15) is 4.31 Å². The summed E-state index contributed by atoms with van der Waals surface area (Å²) >= 11 is 0. The van der Waals surface area contributed by atoms with Crippen molar-refractivity contribution in [2.45, 2.75) is 44.6 Å². The highest BCUT2D eigenvalue weighted by Crippen LogP contribution is 2.34. The van der Waals surface area contributed by atoms with Gasteiger partial charge in [0.2, 0.25) is 15.9 Å². The molecule has 1 N–H and O–H groups in total. The zero-order chi connectivity index (χ0) is 18.4. The van der Waals surface area contributed by atoms with Crippen LogP contribution in [0.3, 0.4) is 0 Å². The largest absolute Gasteiger partial charge is 0.466 e. The summed E-state index contributed by atoms with van der Waals surface area (Å²) in [5.74, 6) is 1.19. The van der Waals surface area contributed by atoms with E-state index in [1.54, 1.807) is 13.8 Å². The molecule has 2 aromatic rings. The van der Waals surface area contributed by atoms with Gasteiger partial charge in [0.1, 0.15) is 22.1 Å². The molecule has 1 aliphatic heterocycles. The van der Waals surface area contributed by atoms with Crippen LogP contribution in [0.5, 0.6) is 0 Å². The zero-order valence-corrected chi connectivity index (χ0v) is 15.4. The predicted octanol–water partition coefficient (Wildman–Crippen LogP) is 1.49. The van der Waals surface area contributed by atoms with Gasteiger partial charge in [-0.05, 0) is 32.9 Å². The summed E-state index contributed by atoms with van der Waals surface area (Å²) in [6.45, 7) is 6.78. The molecule has 0 saturated carbocycles. The van der Waals surface area contributed by atoms with Gasteiger partial charge in [-0.15, -0.1) is 0 Å². The van der Waals surface area contributed by atoms with E-state index in [4.69, 9.17) is 8.94 Å². The lowest BCUT2D eigenvalue weighted by Crippen LogP contribution is -2.39. The third-order valence-electron chi connectivity index (χ3n) is 4.37. The van der Waals surface area contributed by atoms with Crippen molar-refractivity contribution in [3.63, 3.8) is 0 Å². The van der Waals surface area contributed by atoms with E-state index < -0.39 is 10.0 Å². The average Bonchev–Trinajstić information content (AvgIpc) is 3.18. The Morgan fingerprint density at radius 3 is 2.52 bits per heavy atom. The number of sulfonamides is 1. The molecule has 1 saturated heterocycles. The Morgan fingerprint density at radius 2 is 2.00 bits per heavy atom. The number of carbonyl (C=O) groups excluding carboxylic acids is 1. The molecule has 3 rings (SSSR count). The molecule has 8 nitrogen and oxygen atoms in total. The average molecular weight is 367 g/mol. The maximum absolute atomic E-state index is 13.0. The van der Waals surface area contributed by atoms with Gasteiger partial charge in [-0.1, -0.05) is 5.16 Å². The van der Waals surface area contributed by atoms with E-state index in [1.807, 2.05) is 19.1 Å². The maximum atomic E-state index is 13.0. The van der Waals surface area contributed by atoms with Crippen molar-refractivity contribution >= 4 is 15.9 Å². The first-order valence-corrected chi connectivity index (χ1v) is 9.40. The van der Waals surface area contributed by atoms with Crippen LogP contribution >= 0.6 is 0 Å². The first-order valence-electron chi connectivity index (χ1n) is 7.96. The Hall–Kier alpha value is -2.13. The molecule has 25 heavy (non-hydrogen) atoms. The van der Waals surface area contributed by atoms with Crippen molar-refractivity contribution in [3.05, 3.63) is 35.1 Å². The summed E-state index contributed by atoms with van der Waals surface area (Å²) in [7, 11) is -3.78. The summed E-state index contributed by atoms with van der Waals surface area (Å²) in [5, 5.41) is 6.56. The van der Waals surface area contributed by atoms with E-state index in [2.05, 4.69) is 10.5 Å². The van der Waals surface area contributed by atoms with Crippen LogP contribution in [-0.4, -0.2) is 42.9 Å². The number of nitrogens with zero attached hydrogens (tertiary/aromatic N) is 2. The first kappa shape index (κ1) is 17.7. The highest BCUT2D eigenvalue weighted by molar-refractivity contribution is 7.89. The molecule has 2 aromatic heterocycles. The summed E-state index contributed by atoms with van der Waals surface area (Å²) in [4.78, 5) is 11.6. The highest BCUT2D eigenvalue weighted by Gasteiger charge is 2.43. The summed E-state index contributed by atoms with van der Waals surface area (Å²) in [6.07, 6.45) is 0. The van der Waals surface area contributed by atoms with Crippen LogP contribution in [-0.2, 0) is 14.8 Å². The normalized spacial score (nSPS) is 21.6. The summed E-state index contributed by atoms with van der Waals surface area (Å²) < 4.78 is 38.1. The van der Waals surface area contributed by atoms with Crippen LogP contribution in [0.2, 0.25) is 0 Å². The molecule has 1 fully saturated rings. The van der Waals surface area contributed by atoms with Crippen molar-refractivity contribution < 1.29 is 22.2 Å². The quantitative estimate of drug-likeness (QED) is 0.877. The molecule has 0 bridgehead atoms. The molecule has 2 atom stereocenters. The van der Waals surface area contributed by atoms with E-state index in [-0.39, 0.29) is 41.6 Å². The topological polar surface area (TPSA) is 106 Å². The lowest BCUT2D eigenvalue weighted by molar-refractivity contribution is -0.119. The van der Waals surface area contributed by atoms with Crippen LogP contribution in [0.1, 0.15) is 35.8 Å². The fourth-order valence-corrected chi connectivity index (χ4v) is 5.07. The highest BCUT2D eigenvalue weighted by atomic mass is 32.2. The molecular weight excluding hydrogens is 346 g/mol. The minimum Gasteiger partial charge on any atom is -0.466 e. The van der Waals surface area contributed by atoms with Gasteiger partial charge in [0.25, 0.3) is 0 Å². The molecule has 3 heterocycles. The Morgan fingerprint density at radius 1 is 1.28 bits per heavy atom. The van der Waals surface area contributed by atoms with Crippen LogP contribution in [0.25, 0.3) is 0 Å². The second kappa shape index (κ2) is 6.30. The third kappa shape index (κ3) is 3.21. The minimum atomic E-state index is -3.78. The summed E-state index contributed by atoms with van der Waals surface area (Å²) in [6, 6.07) is 3.28. The number of amides is 1. The molecule has 9 heteroatoms. The molecule has 1 amide bonds. The van der Waals surface area contributed by atoms with Gasteiger partial charge in [0.05, 0.1) is 12.0 Å². The Balaban J connectivity index is 1.95. The molecule has 0 radical (unpaired) electrons. The van der Waals surface area contributed by atoms with Crippen molar-refractivity contribution in [2.24, 2.45) is 0 Å². The lowest BCUT2D eigenvalue weighted by atomic mass is 10.0. The molecular formula is C16H21N3O5S. The van der Waals surface area contributed by atoms with Crippen molar-refractivity contribution in [3.8, 4) is 0 Å². The molecule has 136 valence electrons. The van der Waals surface area contributed by atoms with E-state index in [1.165, 1.54) is 11.2 Å². The standard InChI is InChI=1S/C16H21N3O5S/c1-9-5-6-15(23-9)13-7-19(8-14(13)17-12(4)20)25(21,22)16-10(2)18-24-11(16)3/h5-6,13-14H,7-8H2,1-4H3,(H,17,20)/t13-,14-/m1/s1. The third-order valence-corrected chi connectivity index (χ3v) is 6.44. The van der Waals surface area contributed by atoms with Crippen LogP contribution in [0, 0.1) is 20.8 Å². The fourth-order valence-electron chi connectivity index (χ4n) is 3.28. The maximum Gasteiger partial charge on any atom is 0.248 e. The van der Waals surface area contributed by atoms with Gasteiger partial charge in [0, 0.05) is 20.0 Å². The number of furan rings is 1. The van der Waals surface area contributed by atoms with Gasteiger partial charge in [-0.25, -0.2) is 8.42 Å². The minimum absolute atomic E-state index is 0.0883. The number of carbonyl (C=O) groups is 1. The zero-order valence-electron chi connectivity index (χ0n) is 14.6. The number of hydrogen-bond donors (Lipinski definition) is 1.